The van der Waals surface area contributed by atoms with Gasteiger partial charge in [-0.25, -0.2) is 0 Å². The van der Waals surface area contributed by atoms with Gasteiger partial charge in [0.25, 0.3) is 0 Å². The minimum atomic E-state index is 0.842. The molecular weight excluding hydrogens is 256 g/mol. The van der Waals surface area contributed by atoms with E-state index >= 15 is 0 Å². The molecule has 2 rings (SSSR count). The van der Waals surface area contributed by atoms with E-state index in [1.807, 2.05) is 19.1 Å². The van der Waals surface area contributed by atoms with E-state index in [-0.39, 0.29) is 0 Å². The van der Waals surface area contributed by atoms with Gasteiger partial charge in [0, 0.05) is 10.6 Å². The molecule has 0 bridgehead atoms. The smallest absolute Gasteiger partial charge is 0.143 e. The van der Waals surface area contributed by atoms with Gasteiger partial charge in [0.05, 0.1) is 4.34 Å². The highest BCUT2D eigenvalue weighted by Gasteiger charge is 2.03. The first-order valence-electron chi connectivity index (χ1n) is 3.91. The molecule has 0 atom stereocenters. The first kappa shape index (κ1) is 10.4. The molecule has 0 aliphatic heterocycles. The number of aromatic nitrogens is 2. The van der Waals surface area contributed by atoms with Crippen molar-refractivity contribution in [2.75, 3.05) is 0 Å². The molecule has 0 saturated heterocycles. The molecule has 0 saturated carbocycles. The zero-order valence-corrected chi connectivity index (χ0v) is 10.6. The van der Waals surface area contributed by atoms with Crippen molar-refractivity contribution in [2.24, 2.45) is 0 Å². The van der Waals surface area contributed by atoms with Crippen LogP contribution >= 0.6 is 46.0 Å². The average Bonchev–Trinajstić information content (AvgIpc) is 2.72. The van der Waals surface area contributed by atoms with Crippen molar-refractivity contribution < 1.29 is 0 Å². The summed E-state index contributed by atoms with van der Waals surface area (Å²) in [5.41, 5.74) is 0. The van der Waals surface area contributed by atoms with Crippen LogP contribution in [0.2, 0.25) is 4.34 Å². The predicted octanol–water partition coefficient (Wildman–Crippen LogP) is 3.85. The first-order chi connectivity index (χ1) is 6.74. The largest absolute Gasteiger partial charge is 0.174 e. The number of hydrogen-bond acceptors (Lipinski definition) is 5. The molecule has 0 spiro atoms. The zero-order valence-electron chi connectivity index (χ0n) is 7.36. The number of nitrogens with zero attached hydrogens (tertiary/aromatic N) is 2. The Bertz CT molecular complexity index is 383. The van der Waals surface area contributed by atoms with Crippen LogP contribution in [-0.4, -0.2) is 10.2 Å². The topological polar surface area (TPSA) is 25.8 Å². The number of thiophene rings is 1. The standard InChI is InChI=1S/C8H7ClN2S3/c1-5-10-11-8(13-5)12-4-6-2-3-7(9)14-6/h2-3H,4H2,1H3. The van der Waals surface area contributed by atoms with Gasteiger partial charge in [0.1, 0.15) is 5.01 Å². The van der Waals surface area contributed by atoms with Gasteiger partial charge < -0.3 is 0 Å². The minimum Gasteiger partial charge on any atom is -0.143 e. The van der Waals surface area contributed by atoms with E-state index in [0.29, 0.717) is 0 Å². The number of hydrogen-bond donors (Lipinski definition) is 0. The van der Waals surface area contributed by atoms with Crippen molar-refractivity contribution in [3.63, 3.8) is 0 Å². The summed E-state index contributed by atoms with van der Waals surface area (Å²) in [4.78, 5) is 1.27. The maximum Gasteiger partial charge on any atom is 0.174 e. The highest BCUT2D eigenvalue weighted by atomic mass is 35.5. The third kappa shape index (κ3) is 2.70. The van der Waals surface area contributed by atoms with Gasteiger partial charge in [-0.05, 0) is 19.1 Å². The molecule has 0 fully saturated rings. The molecule has 0 unspecified atom stereocenters. The highest BCUT2D eigenvalue weighted by Crippen LogP contribution is 2.30. The third-order valence-corrected chi connectivity index (χ3v) is 4.91. The first-order valence-corrected chi connectivity index (χ1v) is 6.91. The van der Waals surface area contributed by atoms with Gasteiger partial charge in [-0.2, -0.15) is 0 Å². The predicted molar refractivity (Wildman–Crippen MR) is 63.5 cm³/mol. The lowest BCUT2D eigenvalue weighted by atomic mass is 10.5. The summed E-state index contributed by atoms with van der Waals surface area (Å²) < 4.78 is 1.86. The Hall–Kier alpha value is -0.100. The Balaban J connectivity index is 1.94. The fourth-order valence-electron chi connectivity index (χ4n) is 0.899. The second-order valence-corrected chi connectivity index (χ2v) is 6.79. The lowest BCUT2D eigenvalue weighted by molar-refractivity contribution is 0.984. The average molecular weight is 263 g/mol. The van der Waals surface area contributed by atoms with E-state index in [9.17, 15) is 0 Å². The molecule has 0 aliphatic rings. The van der Waals surface area contributed by atoms with Crippen molar-refractivity contribution in [1.82, 2.24) is 10.2 Å². The van der Waals surface area contributed by atoms with E-state index in [2.05, 4.69) is 10.2 Å². The fourth-order valence-corrected chi connectivity index (χ4v) is 3.85. The van der Waals surface area contributed by atoms with Crippen molar-refractivity contribution in [1.29, 1.82) is 0 Å². The molecule has 2 nitrogen and oxygen atoms in total. The molecule has 74 valence electrons. The zero-order chi connectivity index (χ0) is 9.97. The van der Waals surface area contributed by atoms with E-state index in [1.54, 1.807) is 34.4 Å². The van der Waals surface area contributed by atoms with Crippen LogP contribution in [0.5, 0.6) is 0 Å². The second kappa shape index (κ2) is 4.61. The molecule has 0 radical (unpaired) electrons. The van der Waals surface area contributed by atoms with Crippen LogP contribution in [0, 0.1) is 6.92 Å². The second-order valence-electron chi connectivity index (χ2n) is 2.58. The number of aryl methyl sites for hydroxylation is 1. The van der Waals surface area contributed by atoms with E-state index < -0.39 is 0 Å². The van der Waals surface area contributed by atoms with Gasteiger partial charge in [-0.3, -0.25) is 0 Å². The van der Waals surface area contributed by atoms with Crippen LogP contribution in [0.1, 0.15) is 9.88 Å². The van der Waals surface area contributed by atoms with Gasteiger partial charge in [-0.15, -0.1) is 21.5 Å². The molecule has 2 heterocycles. The van der Waals surface area contributed by atoms with Gasteiger partial charge in [0.2, 0.25) is 0 Å². The Morgan fingerprint density at radius 1 is 1.36 bits per heavy atom. The number of halogens is 1. The van der Waals surface area contributed by atoms with Crippen molar-refractivity contribution in [2.45, 2.75) is 17.0 Å². The Morgan fingerprint density at radius 2 is 2.21 bits per heavy atom. The van der Waals surface area contributed by atoms with Crippen molar-refractivity contribution in [3.8, 4) is 0 Å². The van der Waals surface area contributed by atoms with Crippen LogP contribution in [0.4, 0.5) is 0 Å². The fraction of sp³-hybridized carbons (Fsp3) is 0.250. The molecular formula is C8H7ClN2S3. The summed E-state index contributed by atoms with van der Waals surface area (Å²) in [7, 11) is 0. The van der Waals surface area contributed by atoms with Gasteiger partial charge in [-0.1, -0.05) is 34.7 Å². The summed E-state index contributed by atoms with van der Waals surface area (Å²) >= 11 is 10.8. The quantitative estimate of drug-likeness (QED) is 0.786. The number of thioether (sulfide) groups is 1. The van der Waals surface area contributed by atoms with E-state index in [0.717, 1.165) is 19.4 Å². The van der Waals surface area contributed by atoms with Crippen LogP contribution < -0.4 is 0 Å². The summed E-state index contributed by atoms with van der Waals surface area (Å²) in [5, 5.41) is 9.01. The molecule has 0 amide bonds. The molecule has 0 N–H and O–H groups in total. The normalized spacial score (nSPS) is 10.7. The maximum absolute atomic E-state index is 5.83. The molecule has 0 aliphatic carbocycles. The lowest BCUT2D eigenvalue weighted by Gasteiger charge is -1.91. The van der Waals surface area contributed by atoms with E-state index in [1.165, 1.54) is 4.88 Å². The molecule has 6 heteroatoms. The highest BCUT2D eigenvalue weighted by molar-refractivity contribution is 8.00. The summed E-state index contributed by atoms with van der Waals surface area (Å²) in [6, 6.07) is 3.97. The molecule has 2 aromatic rings. The van der Waals surface area contributed by atoms with Crippen LogP contribution in [-0.2, 0) is 5.75 Å². The lowest BCUT2D eigenvalue weighted by Crippen LogP contribution is -1.73. The monoisotopic (exact) mass is 262 g/mol. The molecule has 0 aromatic carbocycles. The Kier molecular flexibility index (Phi) is 3.43. The van der Waals surface area contributed by atoms with Crippen molar-refractivity contribution >= 4 is 46.0 Å². The van der Waals surface area contributed by atoms with Crippen LogP contribution in [0.3, 0.4) is 0 Å². The third-order valence-electron chi connectivity index (χ3n) is 1.47. The summed E-state index contributed by atoms with van der Waals surface area (Å²) in [6.07, 6.45) is 0. The van der Waals surface area contributed by atoms with Crippen molar-refractivity contribution in [3.05, 3.63) is 26.4 Å². The maximum atomic E-state index is 5.83. The van der Waals surface area contributed by atoms with Gasteiger partial charge in [0.15, 0.2) is 4.34 Å². The number of rotatable bonds is 3. The molecule has 14 heavy (non-hydrogen) atoms. The molecule has 2 aromatic heterocycles. The Morgan fingerprint density at radius 3 is 2.79 bits per heavy atom. The van der Waals surface area contributed by atoms with Crippen LogP contribution in [0.25, 0.3) is 0 Å². The minimum absolute atomic E-state index is 0.842. The van der Waals surface area contributed by atoms with Gasteiger partial charge >= 0.3 is 0 Å². The SMILES string of the molecule is Cc1nnc(SCc2ccc(Cl)s2)s1. The summed E-state index contributed by atoms with van der Waals surface area (Å²) in [6.45, 7) is 1.96. The Labute approximate surface area is 99.3 Å². The van der Waals surface area contributed by atoms with Crippen LogP contribution in [0.15, 0.2) is 16.5 Å². The summed E-state index contributed by atoms with van der Waals surface area (Å²) in [5.74, 6) is 0.923. The van der Waals surface area contributed by atoms with E-state index in [4.69, 9.17) is 11.6 Å².